The van der Waals surface area contributed by atoms with Crippen LogP contribution in [0.3, 0.4) is 0 Å². The predicted molar refractivity (Wildman–Crippen MR) is 74.3 cm³/mol. The highest BCUT2D eigenvalue weighted by atomic mass is 35.5. The second kappa shape index (κ2) is 6.39. The summed E-state index contributed by atoms with van der Waals surface area (Å²) in [4.78, 5) is 0.0572. The first kappa shape index (κ1) is 15.0. The van der Waals surface area contributed by atoms with Crippen molar-refractivity contribution >= 4 is 33.2 Å². The summed E-state index contributed by atoms with van der Waals surface area (Å²) in [6, 6.07) is 4.18. The highest BCUT2D eigenvalue weighted by molar-refractivity contribution is 7.89. The molecule has 2 N–H and O–H groups in total. The first-order chi connectivity index (χ1) is 8.97. The van der Waals surface area contributed by atoms with Gasteiger partial charge in [-0.2, -0.15) is 0 Å². The van der Waals surface area contributed by atoms with Crippen LogP contribution in [0.2, 0.25) is 10.0 Å². The molecule has 1 aromatic carbocycles. The maximum absolute atomic E-state index is 12.1. The number of benzene rings is 1. The van der Waals surface area contributed by atoms with Gasteiger partial charge in [-0.25, -0.2) is 13.1 Å². The van der Waals surface area contributed by atoms with E-state index in [1.807, 2.05) is 0 Å². The molecule has 0 radical (unpaired) electrons. The molecule has 0 aromatic heterocycles. The molecule has 0 bridgehead atoms. The van der Waals surface area contributed by atoms with Crippen LogP contribution in [0.15, 0.2) is 23.1 Å². The number of sulfonamides is 1. The van der Waals surface area contributed by atoms with Gasteiger partial charge in [-0.1, -0.05) is 23.2 Å². The molecule has 1 aliphatic rings. The third-order valence-corrected chi connectivity index (χ3v) is 4.50. The minimum absolute atomic E-state index is 0.0295. The van der Waals surface area contributed by atoms with Crippen molar-refractivity contribution in [3.63, 3.8) is 0 Å². The number of halogens is 2. The van der Waals surface area contributed by atoms with Crippen LogP contribution < -0.4 is 10.0 Å². The van der Waals surface area contributed by atoms with Gasteiger partial charge in [0.25, 0.3) is 0 Å². The summed E-state index contributed by atoms with van der Waals surface area (Å²) in [5.41, 5.74) is 0. The van der Waals surface area contributed by atoms with Crippen molar-refractivity contribution < 1.29 is 13.2 Å². The first-order valence-electron chi connectivity index (χ1n) is 5.74. The Morgan fingerprint density at radius 2 is 2.00 bits per heavy atom. The van der Waals surface area contributed by atoms with Crippen molar-refractivity contribution in [1.82, 2.24) is 10.0 Å². The Morgan fingerprint density at radius 1 is 1.32 bits per heavy atom. The lowest BCUT2D eigenvalue weighted by atomic mass is 10.3. The molecule has 2 rings (SSSR count). The number of hydrogen-bond acceptors (Lipinski definition) is 4. The van der Waals surface area contributed by atoms with Crippen LogP contribution in [0, 0.1) is 0 Å². The molecule has 1 saturated heterocycles. The lowest BCUT2D eigenvalue weighted by Gasteiger charge is -2.23. The van der Waals surface area contributed by atoms with Gasteiger partial charge >= 0.3 is 0 Å². The fraction of sp³-hybridized carbons (Fsp3) is 0.455. The van der Waals surface area contributed by atoms with E-state index in [1.54, 1.807) is 0 Å². The number of hydrogen-bond donors (Lipinski definition) is 2. The van der Waals surface area contributed by atoms with Crippen molar-refractivity contribution in [2.75, 3.05) is 26.3 Å². The van der Waals surface area contributed by atoms with Crippen LogP contribution in [-0.2, 0) is 14.8 Å². The molecule has 106 valence electrons. The molecule has 1 atom stereocenters. The summed E-state index contributed by atoms with van der Waals surface area (Å²) in [7, 11) is -3.62. The first-order valence-corrected chi connectivity index (χ1v) is 7.98. The maximum atomic E-state index is 12.1. The van der Waals surface area contributed by atoms with Gasteiger partial charge in [-0.3, -0.25) is 0 Å². The average molecular weight is 325 g/mol. The second-order valence-electron chi connectivity index (χ2n) is 4.18. The van der Waals surface area contributed by atoms with E-state index in [0.29, 0.717) is 13.2 Å². The monoisotopic (exact) mass is 324 g/mol. The molecule has 1 aromatic rings. The third kappa shape index (κ3) is 4.30. The molecule has 8 heteroatoms. The molecular formula is C11H14Cl2N2O3S. The molecule has 0 amide bonds. The van der Waals surface area contributed by atoms with Gasteiger partial charge in [0.05, 0.1) is 18.1 Å². The summed E-state index contributed by atoms with van der Waals surface area (Å²) in [6.45, 7) is 2.10. The molecular weight excluding hydrogens is 311 g/mol. The quantitative estimate of drug-likeness (QED) is 0.875. The van der Waals surface area contributed by atoms with E-state index in [1.165, 1.54) is 18.2 Å². The van der Waals surface area contributed by atoms with Gasteiger partial charge < -0.3 is 10.1 Å². The second-order valence-corrected chi connectivity index (χ2v) is 6.82. The van der Waals surface area contributed by atoms with Crippen molar-refractivity contribution in [2.45, 2.75) is 10.9 Å². The molecule has 0 spiro atoms. The maximum Gasteiger partial charge on any atom is 0.240 e. The summed E-state index contributed by atoms with van der Waals surface area (Å²) in [5.74, 6) is 0. The van der Waals surface area contributed by atoms with E-state index in [4.69, 9.17) is 27.9 Å². The summed E-state index contributed by atoms with van der Waals surface area (Å²) < 4.78 is 31.9. The van der Waals surface area contributed by atoms with Gasteiger partial charge in [-0.15, -0.1) is 0 Å². The Labute approximate surface area is 122 Å². The van der Waals surface area contributed by atoms with Crippen LogP contribution in [-0.4, -0.2) is 40.8 Å². The van der Waals surface area contributed by atoms with E-state index in [-0.39, 0.29) is 27.5 Å². The van der Waals surface area contributed by atoms with Gasteiger partial charge in [0, 0.05) is 29.2 Å². The molecule has 5 nitrogen and oxygen atoms in total. The summed E-state index contributed by atoms with van der Waals surface area (Å²) in [6.07, 6.45) is 0. The summed E-state index contributed by atoms with van der Waals surface area (Å²) >= 11 is 11.6. The molecule has 1 heterocycles. The Balaban J connectivity index is 2.04. The van der Waals surface area contributed by atoms with Crippen LogP contribution in [0.25, 0.3) is 0 Å². The lowest BCUT2D eigenvalue weighted by Crippen LogP contribution is -2.48. The van der Waals surface area contributed by atoms with Crippen LogP contribution in [0.4, 0.5) is 0 Å². The van der Waals surface area contributed by atoms with Crippen LogP contribution in [0.1, 0.15) is 0 Å². The molecule has 1 fully saturated rings. The highest BCUT2D eigenvalue weighted by Gasteiger charge is 2.19. The zero-order chi connectivity index (χ0) is 13.9. The van der Waals surface area contributed by atoms with E-state index in [0.717, 1.165) is 6.54 Å². The van der Waals surface area contributed by atoms with Crippen molar-refractivity contribution in [2.24, 2.45) is 0 Å². The minimum atomic E-state index is -3.62. The van der Waals surface area contributed by atoms with Crippen molar-refractivity contribution in [3.8, 4) is 0 Å². The van der Waals surface area contributed by atoms with Gasteiger partial charge in [0.1, 0.15) is 0 Å². The van der Waals surface area contributed by atoms with Gasteiger partial charge in [0.15, 0.2) is 0 Å². The highest BCUT2D eigenvalue weighted by Crippen LogP contribution is 2.22. The predicted octanol–water partition coefficient (Wildman–Crippen LogP) is 1.26. The van der Waals surface area contributed by atoms with Crippen LogP contribution in [0.5, 0.6) is 0 Å². The zero-order valence-electron chi connectivity index (χ0n) is 10.0. The van der Waals surface area contributed by atoms with Crippen molar-refractivity contribution in [1.29, 1.82) is 0 Å². The zero-order valence-corrected chi connectivity index (χ0v) is 12.4. The summed E-state index contributed by atoms with van der Waals surface area (Å²) in [5, 5.41) is 3.73. The number of ether oxygens (including phenoxy) is 1. The number of nitrogens with one attached hydrogen (secondary N) is 2. The fourth-order valence-corrected chi connectivity index (χ4v) is 3.54. The van der Waals surface area contributed by atoms with Crippen LogP contribution >= 0.6 is 23.2 Å². The van der Waals surface area contributed by atoms with Gasteiger partial charge in [0.2, 0.25) is 10.0 Å². The molecule has 0 aliphatic carbocycles. The fourth-order valence-electron chi connectivity index (χ4n) is 1.73. The topological polar surface area (TPSA) is 67.4 Å². The van der Waals surface area contributed by atoms with E-state index in [2.05, 4.69) is 10.0 Å². The molecule has 1 unspecified atom stereocenters. The lowest BCUT2D eigenvalue weighted by molar-refractivity contribution is 0.0784. The largest absolute Gasteiger partial charge is 0.378 e. The molecule has 1 aliphatic heterocycles. The number of rotatable bonds is 4. The van der Waals surface area contributed by atoms with Crippen molar-refractivity contribution in [3.05, 3.63) is 28.2 Å². The Kier molecular flexibility index (Phi) is 5.05. The Bertz CT molecular complexity index is 525. The SMILES string of the molecule is O=S(=O)(NCC1COCCN1)c1cc(Cl)cc(Cl)c1. The molecule has 19 heavy (non-hydrogen) atoms. The Hall–Kier alpha value is -0.370. The normalized spacial score (nSPS) is 20.4. The third-order valence-electron chi connectivity index (χ3n) is 2.66. The van der Waals surface area contributed by atoms with Gasteiger partial charge in [-0.05, 0) is 18.2 Å². The molecule has 0 saturated carbocycles. The Morgan fingerprint density at radius 3 is 2.58 bits per heavy atom. The standard InChI is InChI=1S/C11H14Cl2N2O3S/c12-8-3-9(13)5-11(4-8)19(16,17)15-6-10-7-18-2-1-14-10/h3-5,10,14-15H,1-2,6-7H2. The number of morpholine rings is 1. The average Bonchev–Trinajstić information content (AvgIpc) is 2.37. The smallest absolute Gasteiger partial charge is 0.240 e. The minimum Gasteiger partial charge on any atom is -0.378 e. The van der Waals surface area contributed by atoms with E-state index >= 15 is 0 Å². The van der Waals surface area contributed by atoms with E-state index < -0.39 is 10.0 Å². The van der Waals surface area contributed by atoms with E-state index in [9.17, 15) is 8.42 Å².